The van der Waals surface area contributed by atoms with Crippen molar-refractivity contribution in [1.29, 1.82) is 0 Å². The Bertz CT molecular complexity index is 198. The summed E-state index contributed by atoms with van der Waals surface area (Å²) in [4.78, 5) is 0. The molecule has 0 aliphatic heterocycles. The monoisotopic (exact) mass is 267 g/mol. The van der Waals surface area contributed by atoms with Crippen LogP contribution in [0.4, 0.5) is 0 Å². The van der Waals surface area contributed by atoms with Crippen LogP contribution in [0.25, 0.3) is 0 Å². The Hall–Kier alpha value is -0.0400. The average molecular weight is 268 g/mol. The van der Waals surface area contributed by atoms with Crippen LogP contribution in [0.3, 0.4) is 0 Å². The van der Waals surface area contributed by atoms with E-state index in [1.165, 1.54) is 83.6 Å². The molecule has 0 spiro atoms. The van der Waals surface area contributed by atoms with Gasteiger partial charge in [-0.15, -0.1) is 0 Å². The molecule has 0 unspecified atom stereocenters. The van der Waals surface area contributed by atoms with E-state index in [0.29, 0.717) is 5.41 Å². The molecule has 0 atom stereocenters. The Kier molecular flexibility index (Phi) is 8.77. The fourth-order valence-electron chi connectivity index (χ4n) is 2.91. The zero-order valence-corrected chi connectivity index (χ0v) is 13.8. The van der Waals surface area contributed by atoms with E-state index in [9.17, 15) is 0 Å². The first-order valence-corrected chi connectivity index (χ1v) is 8.87. The van der Waals surface area contributed by atoms with Gasteiger partial charge in [0.25, 0.3) is 0 Å². The largest absolute Gasteiger partial charge is 0.313 e. The minimum Gasteiger partial charge on any atom is -0.313 e. The van der Waals surface area contributed by atoms with E-state index in [0.717, 1.165) is 6.04 Å². The summed E-state index contributed by atoms with van der Waals surface area (Å²) >= 11 is 0. The molecule has 0 amide bonds. The summed E-state index contributed by atoms with van der Waals surface area (Å²) in [5.74, 6) is 0. The van der Waals surface area contributed by atoms with E-state index in [-0.39, 0.29) is 0 Å². The minimum absolute atomic E-state index is 0.462. The summed E-state index contributed by atoms with van der Waals surface area (Å²) in [6.45, 7) is 8.27. The highest BCUT2D eigenvalue weighted by Crippen LogP contribution is 2.21. The number of hydrogen-bond acceptors (Lipinski definition) is 1. The minimum atomic E-state index is 0.462. The van der Waals surface area contributed by atoms with E-state index in [4.69, 9.17) is 0 Å². The van der Waals surface area contributed by atoms with Gasteiger partial charge in [-0.1, -0.05) is 78.6 Å². The molecule has 1 saturated carbocycles. The lowest BCUT2D eigenvalue weighted by atomic mass is 9.89. The summed E-state index contributed by atoms with van der Waals surface area (Å²) in [7, 11) is 0. The van der Waals surface area contributed by atoms with Crippen molar-refractivity contribution in [2.75, 3.05) is 6.54 Å². The van der Waals surface area contributed by atoms with Gasteiger partial charge >= 0.3 is 0 Å². The highest BCUT2D eigenvalue weighted by Gasteiger charge is 2.17. The maximum absolute atomic E-state index is 3.86. The SMILES string of the molecule is CCC(C)(C)CNC1CCCCCCCCCCC1. The standard InChI is InChI=1S/C18H37N/c1-4-18(2,3)16-19-17-14-12-10-8-6-5-7-9-11-13-15-17/h17,19H,4-16H2,1-3H3. The summed E-state index contributed by atoms with van der Waals surface area (Å²) in [5, 5.41) is 3.86. The summed E-state index contributed by atoms with van der Waals surface area (Å²) < 4.78 is 0. The molecule has 0 bridgehead atoms. The lowest BCUT2D eigenvalue weighted by Crippen LogP contribution is -2.37. The molecule has 0 aromatic carbocycles. The van der Waals surface area contributed by atoms with Crippen LogP contribution in [0.1, 0.15) is 97.8 Å². The van der Waals surface area contributed by atoms with Crippen molar-refractivity contribution in [3.05, 3.63) is 0 Å². The first kappa shape index (κ1) is 17.0. The molecule has 1 rings (SSSR count). The van der Waals surface area contributed by atoms with Crippen molar-refractivity contribution in [3.8, 4) is 0 Å². The van der Waals surface area contributed by atoms with E-state index in [2.05, 4.69) is 26.1 Å². The van der Waals surface area contributed by atoms with Crippen LogP contribution in [0.2, 0.25) is 0 Å². The zero-order valence-electron chi connectivity index (χ0n) is 13.8. The predicted octanol–water partition coefficient (Wildman–Crippen LogP) is 5.69. The molecule has 1 aliphatic carbocycles. The third kappa shape index (κ3) is 8.68. The Balaban J connectivity index is 2.30. The first-order chi connectivity index (χ1) is 9.14. The third-order valence-electron chi connectivity index (χ3n) is 4.93. The molecule has 19 heavy (non-hydrogen) atoms. The van der Waals surface area contributed by atoms with Gasteiger partial charge in [-0.3, -0.25) is 0 Å². The van der Waals surface area contributed by atoms with Gasteiger partial charge in [0.15, 0.2) is 0 Å². The first-order valence-electron chi connectivity index (χ1n) is 8.87. The van der Waals surface area contributed by atoms with Crippen molar-refractivity contribution in [2.24, 2.45) is 5.41 Å². The second-order valence-corrected chi connectivity index (χ2v) is 7.35. The van der Waals surface area contributed by atoms with Crippen LogP contribution in [-0.2, 0) is 0 Å². The molecule has 114 valence electrons. The second kappa shape index (κ2) is 9.80. The number of hydrogen-bond donors (Lipinski definition) is 1. The van der Waals surface area contributed by atoms with E-state index >= 15 is 0 Å². The molecule has 0 saturated heterocycles. The Morgan fingerprint density at radius 1 is 0.789 bits per heavy atom. The smallest absolute Gasteiger partial charge is 0.00672 e. The van der Waals surface area contributed by atoms with Crippen LogP contribution in [-0.4, -0.2) is 12.6 Å². The van der Waals surface area contributed by atoms with Crippen LogP contribution >= 0.6 is 0 Å². The average Bonchev–Trinajstić information content (AvgIpc) is 2.38. The third-order valence-corrected chi connectivity index (χ3v) is 4.93. The normalized spacial score (nSPS) is 21.6. The Morgan fingerprint density at radius 3 is 1.63 bits per heavy atom. The molecule has 1 N–H and O–H groups in total. The molecule has 1 nitrogen and oxygen atoms in total. The van der Waals surface area contributed by atoms with Crippen LogP contribution in [0.15, 0.2) is 0 Å². The molecule has 0 aromatic rings. The lowest BCUT2D eigenvalue weighted by Gasteiger charge is -2.27. The highest BCUT2D eigenvalue weighted by atomic mass is 14.9. The Labute approximate surface area is 121 Å². The quantitative estimate of drug-likeness (QED) is 0.690. The van der Waals surface area contributed by atoms with Crippen molar-refractivity contribution in [1.82, 2.24) is 5.32 Å². The van der Waals surface area contributed by atoms with Crippen molar-refractivity contribution in [3.63, 3.8) is 0 Å². The number of nitrogens with one attached hydrogen (secondary N) is 1. The molecule has 0 heterocycles. The van der Waals surface area contributed by atoms with Crippen LogP contribution in [0.5, 0.6) is 0 Å². The molecule has 0 radical (unpaired) electrons. The van der Waals surface area contributed by atoms with E-state index in [1.54, 1.807) is 0 Å². The maximum Gasteiger partial charge on any atom is 0.00672 e. The van der Waals surface area contributed by atoms with E-state index < -0.39 is 0 Å². The van der Waals surface area contributed by atoms with Crippen molar-refractivity contribution >= 4 is 0 Å². The second-order valence-electron chi connectivity index (χ2n) is 7.35. The lowest BCUT2D eigenvalue weighted by molar-refractivity contribution is 0.291. The van der Waals surface area contributed by atoms with Gasteiger partial charge in [-0.25, -0.2) is 0 Å². The fourth-order valence-corrected chi connectivity index (χ4v) is 2.91. The maximum atomic E-state index is 3.86. The topological polar surface area (TPSA) is 12.0 Å². The van der Waals surface area contributed by atoms with Gasteiger partial charge in [-0.05, 0) is 24.7 Å². The predicted molar refractivity (Wildman–Crippen MR) is 86.6 cm³/mol. The van der Waals surface area contributed by atoms with Crippen LogP contribution < -0.4 is 5.32 Å². The van der Waals surface area contributed by atoms with Gasteiger partial charge in [0.1, 0.15) is 0 Å². The van der Waals surface area contributed by atoms with Crippen molar-refractivity contribution < 1.29 is 0 Å². The molecule has 1 fully saturated rings. The van der Waals surface area contributed by atoms with Gasteiger partial charge in [0, 0.05) is 12.6 Å². The zero-order chi connectivity index (χ0) is 14.0. The van der Waals surface area contributed by atoms with Gasteiger partial charge in [-0.2, -0.15) is 0 Å². The van der Waals surface area contributed by atoms with Gasteiger partial charge in [0.2, 0.25) is 0 Å². The molecular formula is C18H37N. The molecule has 1 aliphatic rings. The van der Waals surface area contributed by atoms with Gasteiger partial charge < -0.3 is 5.32 Å². The molecular weight excluding hydrogens is 230 g/mol. The summed E-state index contributed by atoms with van der Waals surface area (Å²) in [5.41, 5.74) is 0.462. The fraction of sp³-hybridized carbons (Fsp3) is 1.00. The van der Waals surface area contributed by atoms with Gasteiger partial charge in [0.05, 0.1) is 0 Å². The Morgan fingerprint density at radius 2 is 1.21 bits per heavy atom. The molecule has 0 aromatic heterocycles. The van der Waals surface area contributed by atoms with Crippen molar-refractivity contribution in [2.45, 2.75) is 104 Å². The molecule has 1 heteroatoms. The highest BCUT2D eigenvalue weighted by molar-refractivity contribution is 4.75. The van der Waals surface area contributed by atoms with Crippen LogP contribution in [0, 0.1) is 5.41 Å². The van der Waals surface area contributed by atoms with E-state index in [1.807, 2.05) is 0 Å². The number of rotatable bonds is 4. The summed E-state index contributed by atoms with van der Waals surface area (Å²) in [6.07, 6.45) is 17.2. The summed E-state index contributed by atoms with van der Waals surface area (Å²) in [6, 6.07) is 0.783.